The molecule has 1 heterocycles. The minimum atomic E-state index is -0.779. The zero-order valence-electron chi connectivity index (χ0n) is 19.2. The van der Waals surface area contributed by atoms with Crippen LogP contribution in [0.5, 0.6) is 5.75 Å². The molecule has 3 rings (SSSR count). The van der Waals surface area contributed by atoms with Crippen LogP contribution in [0.25, 0.3) is 10.9 Å². The lowest BCUT2D eigenvalue weighted by atomic mass is 10.1. The van der Waals surface area contributed by atoms with Gasteiger partial charge in [0.25, 0.3) is 11.8 Å². The van der Waals surface area contributed by atoms with Crippen LogP contribution in [0.15, 0.2) is 55.1 Å². The van der Waals surface area contributed by atoms with Crippen LogP contribution >= 0.6 is 11.6 Å². The van der Waals surface area contributed by atoms with E-state index in [0.717, 1.165) is 0 Å². The maximum atomic E-state index is 13.3. The van der Waals surface area contributed by atoms with Crippen LogP contribution in [0, 0.1) is 6.92 Å². The van der Waals surface area contributed by atoms with E-state index >= 15 is 0 Å². The lowest BCUT2D eigenvalue weighted by Crippen LogP contribution is -2.41. The van der Waals surface area contributed by atoms with Gasteiger partial charge in [-0.2, -0.15) is 0 Å². The second kappa shape index (κ2) is 11.3. The summed E-state index contributed by atoms with van der Waals surface area (Å²) in [4.78, 5) is 49.2. The van der Waals surface area contributed by atoms with Gasteiger partial charge in [0, 0.05) is 28.2 Å². The molecule has 0 aliphatic carbocycles. The van der Waals surface area contributed by atoms with Gasteiger partial charge in [0.1, 0.15) is 5.75 Å². The topological polar surface area (TPSA) is 116 Å². The predicted octanol–water partition coefficient (Wildman–Crippen LogP) is 3.40. The van der Waals surface area contributed by atoms with Crippen LogP contribution in [-0.4, -0.2) is 48.6 Å². The Morgan fingerprint density at radius 1 is 1.11 bits per heavy atom. The summed E-state index contributed by atoms with van der Waals surface area (Å²) in [5.74, 6) is -1.22. The standard InChI is InChI=1S/C25H24ClN3O6/c1-4-11-27-25(33)28-22(30)14-35-23(31)13-19-15(2)29(21-10-9-18(34-3)12-20(19)21)24(32)16-5-7-17(26)8-6-16/h4-10,12H,1,11,13-14H2,2-3H3,(H2,27,28,30,33). The van der Waals surface area contributed by atoms with Gasteiger partial charge >= 0.3 is 12.0 Å². The summed E-state index contributed by atoms with van der Waals surface area (Å²) >= 11 is 5.95. The second-order valence-electron chi connectivity index (χ2n) is 7.48. The second-order valence-corrected chi connectivity index (χ2v) is 7.92. The molecule has 2 N–H and O–H groups in total. The fourth-order valence-electron chi connectivity index (χ4n) is 3.51. The number of carbonyl (C=O) groups is 4. The van der Waals surface area contributed by atoms with E-state index in [2.05, 4.69) is 11.9 Å². The molecule has 0 unspecified atom stereocenters. The number of halogens is 1. The highest BCUT2D eigenvalue weighted by molar-refractivity contribution is 6.30. The number of fused-ring (bicyclic) bond motifs is 1. The Bertz CT molecular complexity index is 1300. The minimum absolute atomic E-state index is 0.181. The van der Waals surface area contributed by atoms with Crippen molar-refractivity contribution in [2.75, 3.05) is 20.3 Å². The number of urea groups is 1. The Balaban J connectivity index is 1.84. The summed E-state index contributed by atoms with van der Waals surface area (Å²) < 4.78 is 11.9. The Kier molecular flexibility index (Phi) is 8.27. The molecule has 0 saturated carbocycles. The van der Waals surface area contributed by atoms with E-state index in [-0.39, 0.29) is 18.9 Å². The van der Waals surface area contributed by atoms with Gasteiger partial charge in [-0.1, -0.05) is 17.7 Å². The molecule has 9 nitrogen and oxygen atoms in total. The van der Waals surface area contributed by atoms with E-state index in [9.17, 15) is 19.2 Å². The van der Waals surface area contributed by atoms with Crippen LogP contribution in [0.4, 0.5) is 4.79 Å². The molecular formula is C25H24ClN3O6. The van der Waals surface area contributed by atoms with Crippen molar-refractivity contribution in [3.63, 3.8) is 0 Å². The normalized spacial score (nSPS) is 10.5. The lowest BCUT2D eigenvalue weighted by molar-refractivity contribution is -0.147. The molecule has 182 valence electrons. The largest absolute Gasteiger partial charge is 0.497 e. The molecule has 0 aliphatic heterocycles. The third kappa shape index (κ3) is 6.07. The zero-order chi connectivity index (χ0) is 25.5. The van der Waals surface area contributed by atoms with Crippen LogP contribution in [0.2, 0.25) is 5.02 Å². The van der Waals surface area contributed by atoms with Crippen LogP contribution < -0.4 is 15.4 Å². The molecule has 35 heavy (non-hydrogen) atoms. The van der Waals surface area contributed by atoms with Crippen molar-refractivity contribution in [2.45, 2.75) is 13.3 Å². The number of imide groups is 1. The number of methoxy groups -OCH3 is 1. The first-order chi connectivity index (χ1) is 16.7. The molecule has 1 aromatic heterocycles. The first kappa shape index (κ1) is 25.5. The summed E-state index contributed by atoms with van der Waals surface area (Å²) in [6, 6.07) is 11.0. The van der Waals surface area contributed by atoms with Gasteiger partial charge in [-0.25, -0.2) is 4.79 Å². The Hall–Kier alpha value is -4.11. The summed E-state index contributed by atoms with van der Waals surface area (Å²) in [5.41, 5.74) is 2.10. The third-order valence-corrected chi connectivity index (χ3v) is 5.43. The fourth-order valence-corrected chi connectivity index (χ4v) is 3.63. The summed E-state index contributed by atoms with van der Waals surface area (Å²) in [6.07, 6.45) is 1.25. The van der Waals surface area contributed by atoms with Crippen LogP contribution in [0.3, 0.4) is 0 Å². The van der Waals surface area contributed by atoms with Crippen molar-refractivity contribution in [3.8, 4) is 5.75 Å². The highest BCUT2D eigenvalue weighted by Gasteiger charge is 2.23. The number of esters is 1. The van der Waals surface area contributed by atoms with Gasteiger partial charge in [0.2, 0.25) is 0 Å². The van der Waals surface area contributed by atoms with Crippen molar-refractivity contribution in [2.24, 2.45) is 0 Å². The average molecular weight is 498 g/mol. The predicted molar refractivity (Wildman–Crippen MR) is 131 cm³/mol. The molecule has 2 aromatic carbocycles. The first-order valence-corrected chi connectivity index (χ1v) is 10.9. The molecule has 0 saturated heterocycles. The van der Waals surface area contributed by atoms with Crippen molar-refractivity contribution < 1.29 is 28.7 Å². The van der Waals surface area contributed by atoms with Crippen LogP contribution in [-0.2, 0) is 20.7 Å². The van der Waals surface area contributed by atoms with Crippen molar-refractivity contribution in [1.82, 2.24) is 15.2 Å². The SMILES string of the molecule is C=CCNC(=O)NC(=O)COC(=O)Cc1c(C)n(C(=O)c2ccc(Cl)cc2)c2ccc(OC)cc12. The molecule has 0 bridgehead atoms. The minimum Gasteiger partial charge on any atom is -0.497 e. The van der Waals surface area contributed by atoms with E-state index in [1.54, 1.807) is 49.4 Å². The molecule has 0 fully saturated rings. The molecule has 10 heteroatoms. The number of hydrogen-bond acceptors (Lipinski definition) is 6. The molecule has 0 aliphatic rings. The average Bonchev–Trinajstić information content (AvgIpc) is 3.11. The van der Waals surface area contributed by atoms with Crippen molar-refractivity contribution >= 4 is 46.3 Å². The van der Waals surface area contributed by atoms with Crippen molar-refractivity contribution in [3.05, 3.63) is 77.0 Å². The maximum Gasteiger partial charge on any atom is 0.321 e. The van der Waals surface area contributed by atoms with Gasteiger partial charge in [-0.15, -0.1) is 6.58 Å². The van der Waals surface area contributed by atoms with Crippen LogP contribution in [0.1, 0.15) is 21.6 Å². The highest BCUT2D eigenvalue weighted by Crippen LogP contribution is 2.31. The first-order valence-electron chi connectivity index (χ1n) is 10.6. The number of benzene rings is 2. The molecular weight excluding hydrogens is 474 g/mol. The smallest absolute Gasteiger partial charge is 0.321 e. The number of rotatable bonds is 8. The molecule has 0 spiro atoms. The number of nitrogens with zero attached hydrogens (tertiary/aromatic N) is 1. The van der Waals surface area contributed by atoms with Gasteiger partial charge in [-0.05, 0) is 55.0 Å². The summed E-state index contributed by atoms with van der Waals surface area (Å²) in [5, 5.41) is 5.56. The van der Waals surface area contributed by atoms with Gasteiger partial charge in [0.15, 0.2) is 6.61 Å². The Morgan fingerprint density at radius 3 is 2.49 bits per heavy atom. The zero-order valence-corrected chi connectivity index (χ0v) is 20.0. The van der Waals surface area contributed by atoms with E-state index in [1.165, 1.54) is 17.8 Å². The number of aromatic nitrogens is 1. The lowest BCUT2D eigenvalue weighted by Gasteiger charge is -2.08. The van der Waals surface area contributed by atoms with Gasteiger partial charge in [0.05, 0.1) is 19.0 Å². The number of amides is 3. The molecule has 0 atom stereocenters. The number of nitrogens with one attached hydrogen (secondary N) is 2. The van der Waals surface area contributed by atoms with E-state index in [1.807, 2.05) is 5.32 Å². The van der Waals surface area contributed by atoms with E-state index in [4.69, 9.17) is 21.1 Å². The van der Waals surface area contributed by atoms with Gasteiger partial charge < -0.3 is 14.8 Å². The molecule has 3 amide bonds. The van der Waals surface area contributed by atoms with E-state index in [0.29, 0.717) is 38.5 Å². The third-order valence-electron chi connectivity index (χ3n) is 5.18. The fraction of sp³-hybridized carbons (Fsp3) is 0.200. The van der Waals surface area contributed by atoms with E-state index < -0.39 is 24.5 Å². The number of hydrogen-bond donors (Lipinski definition) is 2. The summed E-state index contributed by atoms with van der Waals surface area (Å²) in [6.45, 7) is 4.72. The quantitative estimate of drug-likeness (QED) is 0.364. The highest BCUT2D eigenvalue weighted by atomic mass is 35.5. The molecule has 0 radical (unpaired) electrons. The van der Waals surface area contributed by atoms with Gasteiger partial charge in [-0.3, -0.25) is 24.3 Å². The monoisotopic (exact) mass is 497 g/mol. The maximum absolute atomic E-state index is 13.3. The molecule has 3 aromatic rings. The van der Waals surface area contributed by atoms with Crippen molar-refractivity contribution in [1.29, 1.82) is 0 Å². The summed E-state index contributed by atoms with van der Waals surface area (Å²) in [7, 11) is 1.52. The number of carbonyl (C=O) groups excluding carboxylic acids is 4. The number of ether oxygens (including phenoxy) is 2. The Labute approximate surface area is 206 Å². The Morgan fingerprint density at radius 2 is 1.83 bits per heavy atom.